The van der Waals surface area contributed by atoms with Crippen molar-refractivity contribution in [2.24, 2.45) is 11.1 Å². The van der Waals surface area contributed by atoms with Gasteiger partial charge in [-0.3, -0.25) is 4.79 Å². The molecule has 0 saturated carbocycles. The summed E-state index contributed by atoms with van der Waals surface area (Å²) < 4.78 is 5.17. The molecule has 0 unspecified atom stereocenters. The molecule has 1 aromatic carbocycles. The van der Waals surface area contributed by atoms with E-state index in [1.54, 1.807) is 6.07 Å². The standard InChI is InChI=1S/C15H21N3O3/c1-11(2)15(19)18-8-6-17(7-9-18)12-4-5-13(16-20)14(10-12)21-3/h4-5,10-11H,6-9H2,1-3H3. The third-order valence-corrected chi connectivity index (χ3v) is 3.71. The molecular formula is C15H21N3O3. The molecule has 1 aliphatic heterocycles. The highest BCUT2D eigenvalue weighted by Gasteiger charge is 2.23. The molecular weight excluding hydrogens is 270 g/mol. The molecule has 6 heteroatoms. The fourth-order valence-corrected chi connectivity index (χ4v) is 2.49. The summed E-state index contributed by atoms with van der Waals surface area (Å²) >= 11 is 0. The summed E-state index contributed by atoms with van der Waals surface area (Å²) in [4.78, 5) is 26.7. The van der Waals surface area contributed by atoms with Crippen molar-refractivity contribution in [3.63, 3.8) is 0 Å². The molecule has 114 valence electrons. The first-order valence-electron chi connectivity index (χ1n) is 7.12. The minimum Gasteiger partial charge on any atom is -0.494 e. The Kier molecular flexibility index (Phi) is 4.77. The van der Waals surface area contributed by atoms with E-state index in [1.165, 1.54) is 7.11 Å². The van der Waals surface area contributed by atoms with E-state index < -0.39 is 0 Å². The number of nitrogens with zero attached hydrogens (tertiary/aromatic N) is 3. The predicted molar refractivity (Wildman–Crippen MR) is 82.1 cm³/mol. The van der Waals surface area contributed by atoms with E-state index >= 15 is 0 Å². The second-order valence-corrected chi connectivity index (χ2v) is 5.41. The SMILES string of the molecule is COc1cc(N2CCN(C(=O)C(C)C)CC2)ccc1N=O. The number of anilines is 1. The minimum atomic E-state index is 0.0367. The van der Waals surface area contributed by atoms with E-state index in [2.05, 4.69) is 10.1 Å². The van der Waals surface area contributed by atoms with Crippen LogP contribution in [0.4, 0.5) is 11.4 Å². The van der Waals surface area contributed by atoms with Crippen LogP contribution < -0.4 is 9.64 Å². The Balaban J connectivity index is 2.05. The van der Waals surface area contributed by atoms with Crippen molar-refractivity contribution in [2.75, 3.05) is 38.2 Å². The van der Waals surface area contributed by atoms with Crippen molar-refractivity contribution >= 4 is 17.3 Å². The zero-order chi connectivity index (χ0) is 15.4. The number of hydrogen-bond acceptors (Lipinski definition) is 5. The van der Waals surface area contributed by atoms with Crippen molar-refractivity contribution in [3.05, 3.63) is 23.1 Å². The van der Waals surface area contributed by atoms with Crippen LogP contribution in [0.15, 0.2) is 23.4 Å². The van der Waals surface area contributed by atoms with Gasteiger partial charge in [-0.15, -0.1) is 4.91 Å². The number of ether oxygens (including phenoxy) is 1. The molecule has 21 heavy (non-hydrogen) atoms. The quantitative estimate of drug-likeness (QED) is 0.799. The maximum atomic E-state index is 12.0. The summed E-state index contributed by atoms with van der Waals surface area (Å²) in [7, 11) is 1.52. The van der Waals surface area contributed by atoms with Crippen molar-refractivity contribution in [1.29, 1.82) is 0 Å². The first-order chi connectivity index (χ1) is 10.1. The van der Waals surface area contributed by atoms with Gasteiger partial charge in [0.2, 0.25) is 5.91 Å². The zero-order valence-electron chi connectivity index (χ0n) is 12.7. The van der Waals surface area contributed by atoms with Crippen LogP contribution in [-0.2, 0) is 4.79 Å². The van der Waals surface area contributed by atoms with Crippen LogP contribution >= 0.6 is 0 Å². The Bertz CT molecular complexity index is 523. The second-order valence-electron chi connectivity index (χ2n) is 5.41. The summed E-state index contributed by atoms with van der Waals surface area (Å²) in [5.74, 6) is 0.713. The average Bonchev–Trinajstić information content (AvgIpc) is 2.53. The Morgan fingerprint density at radius 1 is 1.24 bits per heavy atom. The van der Waals surface area contributed by atoms with Gasteiger partial charge in [0.15, 0.2) is 0 Å². The molecule has 0 radical (unpaired) electrons. The Morgan fingerprint density at radius 3 is 2.43 bits per heavy atom. The number of carbonyl (C=O) groups excluding carboxylic acids is 1. The lowest BCUT2D eigenvalue weighted by Crippen LogP contribution is -2.49. The van der Waals surface area contributed by atoms with Crippen LogP contribution in [0.1, 0.15) is 13.8 Å². The van der Waals surface area contributed by atoms with Gasteiger partial charge in [-0.2, -0.15) is 0 Å². The maximum absolute atomic E-state index is 12.0. The smallest absolute Gasteiger partial charge is 0.225 e. The molecule has 2 rings (SSSR count). The van der Waals surface area contributed by atoms with Crippen LogP contribution in [-0.4, -0.2) is 44.1 Å². The normalized spacial score (nSPS) is 15.2. The van der Waals surface area contributed by atoms with E-state index in [0.29, 0.717) is 24.5 Å². The van der Waals surface area contributed by atoms with Gasteiger partial charge in [-0.25, -0.2) is 0 Å². The fourth-order valence-electron chi connectivity index (χ4n) is 2.49. The van der Waals surface area contributed by atoms with Crippen LogP contribution in [0.3, 0.4) is 0 Å². The molecule has 0 aromatic heterocycles. The van der Waals surface area contributed by atoms with Gasteiger partial charge in [-0.05, 0) is 17.3 Å². The summed E-state index contributed by atoms with van der Waals surface area (Å²) in [5, 5.41) is 2.94. The number of benzene rings is 1. The zero-order valence-corrected chi connectivity index (χ0v) is 12.7. The lowest BCUT2D eigenvalue weighted by molar-refractivity contribution is -0.134. The molecule has 0 atom stereocenters. The monoisotopic (exact) mass is 291 g/mol. The average molecular weight is 291 g/mol. The highest BCUT2D eigenvalue weighted by atomic mass is 16.5. The van der Waals surface area contributed by atoms with Gasteiger partial charge in [0.25, 0.3) is 0 Å². The Labute approximate surface area is 124 Å². The summed E-state index contributed by atoms with van der Waals surface area (Å²) in [6.45, 7) is 6.82. The van der Waals surface area contributed by atoms with Gasteiger partial charge in [-0.1, -0.05) is 13.8 Å². The molecule has 6 nitrogen and oxygen atoms in total. The molecule has 0 bridgehead atoms. The number of nitroso groups, excluding NO2 is 1. The number of methoxy groups -OCH3 is 1. The van der Waals surface area contributed by atoms with Gasteiger partial charge >= 0.3 is 0 Å². The van der Waals surface area contributed by atoms with Crippen LogP contribution in [0.5, 0.6) is 5.75 Å². The third-order valence-electron chi connectivity index (χ3n) is 3.71. The molecule has 1 heterocycles. The molecule has 0 spiro atoms. The summed E-state index contributed by atoms with van der Waals surface area (Å²) in [6.07, 6.45) is 0. The van der Waals surface area contributed by atoms with E-state index in [9.17, 15) is 9.70 Å². The van der Waals surface area contributed by atoms with Crippen molar-refractivity contribution in [1.82, 2.24) is 4.90 Å². The predicted octanol–water partition coefficient (Wildman–Crippen LogP) is 2.40. The highest BCUT2D eigenvalue weighted by Crippen LogP contribution is 2.32. The summed E-state index contributed by atoms with van der Waals surface area (Å²) in [6, 6.07) is 5.34. The van der Waals surface area contributed by atoms with E-state index in [1.807, 2.05) is 30.9 Å². The number of hydrogen-bond donors (Lipinski definition) is 0. The Morgan fingerprint density at radius 2 is 1.90 bits per heavy atom. The molecule has 1 aromatic rings. The second kappa shape index (κ2) is 6.56. The van der Waals surface area contributed by atoms with Crippen LogP contribution in [0, 0.1) is 10.8 Å². The number of carbonyl (C=O) groups is 1. The highest BCUT2D eigenvalue weighted by molar-refractivity contribution is 5.78. The third kappa shape index (κ3) is 3.32. The minimum absolute atomic E-state index is 0.0367. The molecule has 1 aliphatic rings. The van der Waals surface area contributed by atoms with E-state index in [-0.39, 0.29) is 11.8 Å². The number of amides is 1. The van der Waals surface area contributed by atoms with E-state index in [4.69, 9.17) is 4.74 Å². The Hall–Kier alpha value is -2.11. The van der Waals surface area contributed by atoms with Crippen molar-refractivity contribution < 1.29 is 9.53 Å². The molecule has 0 N–H and O–H groups in total. The first-order valence-corrected chi connectivity index (χ1v) is 7.12. The van der Waals surface area contributed by atoms with Crippen LogP contribution in [0.25, 0.3) is 0 Å². The largest absolute Gasteiger partial charge is 0.494 e. The fraction of sp³-hybridized carbons (Fsp3) is 0.533. The topological polar surface area (TPSA) is 62.2 Å². The summed E-state index contributed by atoms with van der Waals surface area (Å²) in [5.41, 5.74) is 1.28. The van der Waals surface area contributed by atoms with Gasteiger partial charge in [0.05, 0.1) is 7.11 Å². The number of rotatable bonds is 4. The van der Waals surface area contributed by atoms with Gasteiger partial charge < -0.3 is 14.5 Å². The molecule has 0 aliphatic carbocycles. The molecule has 1 amide bonds. The molecule has 1 saturated heterocycles. The van der Waals surface area contributed by atoms with Crippen molar-refractivity contribution in [2.45, 2.75) is 13.8 Å². The number of piperazine rings is 1. The maximum Gasteiger partial charge on any atom is 0.225 e. The van der Waals surface area contributed by atoms with Crippen LogP contribution in [0.2, 0.25) is 0 Å². The first kappa shape index (κ1) is 15.3. The van der Waals surface area contributed by atoms with Gasteiger partial charge in [0, 0.05) is 43.9 Å². The van der Waals surface area contributed by atoms with E-state index in [0.717, 1.165) is 18.8 Å². The van der Waals surface area contributed by atoms with Gasteiger partial charge in [0.1, 0.15) is 11.4 Å². The van der Waals surface area contributed by atoms with Crippen molar-refractivity contribution in [3.8, 4) is 5.75 Å². The lowest BCUT2D eigenvalue weighted by Gasteiger charge is -2.37. The lowest BCUT2D eigenvalue weighted by atomic mass is 10.1. The molecule has 1 fully saturated rings.